The van der Waals surface area contributed by atoms with E-state index in [4.69, 9.17) is 9.47 Å². The number of alkyl carbamates (subject to hydrolysis) is 1. The third kappa shape index (κ3) is 5.60. The van der Waals surface area contributed by atoms with E-state index in [0.717, 1.165) is 32.1 Å². The zero-order valence-electron chi connectivity index (χ0n) is 16.8. The molecule has 0 bridgehead atoms. The van der Waals surface area contributed by atoms with Crippen molar-refractivity contribution in [3.05, 3.63) is 0 Å². The highest BCUT2D eigenvalue weighted by Gasteiger charge is 2.37. The van der Waals surface area contributed by atoms with Crippen LogP contribution in [0.2, 0.25) is 0 Å². The van der Waals surface area contributed by atoms with Crippen LogP contribution in [-0.2, 0) is 14.3 Å². The van der Waals surface area contributed by atoms with Crippen molar-refractivity contribution in [1.29, 1.82) is 5.26 Å². The minimum atomic E-state index is -0.854. The van der Waals surface area contributed by atoms with E-state index >= 15 is 0 Å². The van der Waals surface area contributed by atoms with Gasteiger partial charge in [-0.25, -0.2) is 4.79 Å². The highest BCUT2D eigenvalue weighted by atomic mass is 16.6. The quantitative estimate of drug-likeness (QED) is 0.777. The van der Waals surface area contributed by atoms with Gasteiger partial charge in [-0.05, 0) is 25.2 Å². The Morgan fingerprint density at radius 3 is 2.39 bits per heavy atom. The summed E-state index contributed by atoms with van der Waals surface area (Å²) in [6, 6.07) is 2.27. The van der Waals surface area contributed by atoms with Crippen LogP contribution in [-0.4, -0.2) is 54.8 Å². The highest BCUT2D eigenvalue weighted by molar-refractivity contribution is 5.83. The standard InChI is InChI=1S/C21H33N3O4/c22-16-21(9-5-2-6-10-21)23-20(26)28-18(15-17-7-3-1-4-8-17)19(25)24-11-13-27-14-12-24/h17-18H,1-15H2,(H,23,26)/t18-/m0/s1. The molecular formula is C21H33N3O4. The topological polar surface area (TPSA) is 91.7 Å². The molecule has 2 aliphatic carbocycles. The number of carbonyl (C=O) groups excluding carboxylic acids is 2. The predicted octanol–water partition coefficient (Wildman–Crippen LogP) is 3.14. The van der Waals surface area contributed by atoms with Gasteiger partial charge in [0, 0.05) is 13.1 Å². The predicted molar refractivity (Wildman–Crippen MR) is 103 cm³/mol. The third-order valence-corrected chi connectivity index (χ3v) is 6.38. The molecule has 0 aromatic carbocycles. The number of nitrogens with one attached hydrogen (secondary N) is 1. The highest BCUT2D eigenvalue weighted by Crippen LogP contribution is 2.30. The average Bonchev–Trinajstić information content (AvgIpc) is 2.74. The van der Waals surface area contributed by atoms with Gasteiger partial charge in [-0.2, -0.15) is 5.26 Å². The molecule has 1 heterocycles. The Morgan fingerprint density at radius 2 is 1.75 bits per heavy atom. The SMILES string of the molecule is N#CC1(NC(=O)O[C@@H](CC2CCCCC2)C(=O)N2CCOCC2)CCCCC1. The van der Waals surface area contributed by atoms with Gasteiger partial charge in [0.25, 0.3) is 5.91 Å². The first kappa shape index (κ1) is 20.9. The van der Waals surface area contributed by atoms with E-state index in [1.165, 1.54) is 19.3 Å². The first-order chi connectivity index (χ1) is 13.6. The molecule has 1 atom stereocenters. The van der Waals surface area contributed by atoms with Crippen molar-refractivity contribution >= 4 is 12.0 Å². The van der Waals surface area contributed by atoms with E-state index in [2.05, 4.69) is 11.4 Å². The third-order valence-electron chi connectivity index (χ3n) is 6.38. The maximum absolute atomic E-state index is 13.0. The lowest BCUT2D eigenvalue weighted by Gasteiger charge is -2.34. The van der Waals surface area contributed by atoms with Gasteiger partial charge in [0.1, 0.15) is 5.54 Å². The Kier molecular flexibility index (Phi) is 7.55. The minimum Gasteiger partial charge on any atom is -0.436 e. The number of nitrogens with zero attached hydrogens (tertiary/aromatic N) is 2. The van der Waals surface area contributed by atoms with Crippen molar-refractivity contribution in [1.82, 2.24) is 10.2 Å². The van der Waals surface area contributed by atoms with E-state index < -0.39 is 17.7 Å². The van der Waals surface area contributed by atoms with Gasteiger partial charge >= 0.3 is 6.09 Å². The van der Waals surface area contributed by atoms with E-state index in [0.29, 0.717) is 51.5 Å². The van der Waals surface area contributed by atoms with Crippen LogP contribution in [0.25, 0.3) is 0 Å². The molecule has 0 unspecified atom stereocenters. The molecule has 156 valence electrons. The van der Waals surface area contributed by atoms with Crippen molar-refractivity contribution in [2.24, 2.45) is 5.92 Å². The van der Waals surface area contributed by atoms with E-state index in [1.807, 2.05) is 0 Å². The van der Waals surface area contributed by atoms with Gasteiger partial charge in [0.15, 0.2) is 6.10 Å². The summed E-state index contributed by atoms with van der Waals surface area (Å²) in [4.78, 5) is 27.4. The lowest BCUT2D eigenvalue weighted by atomic mass is 9.83. The number of carbonyl (C=O) groups is 2. The zero-order chi connectivity index (χ0) is 19.8. The van der Waals surface area contributed by atoms with E-state index in [9.17, 15) is 14.9 Å². The van der Waals surface area contributed by atoms with E-state index in [-0.39, 0.29) is 5.91 Å². The number of hydrogen-bond donors (Lipinski definition) is 1. The Morgan fingerprint density at radius 1 is 1.11 bits per heavy atom. The van der Waals surface area contributed by atoms with Gasteiger partial charge in [-0.3, -0.25) is 4.79 Å². The Bertz CT molecular complexity index is 571. The fourth-order valence-electron chi connectivity index (χ4n) is 4.69. The molecule has 2 amide bonds. The number of ether oxygens (including phenoxy) is 2. The Balaban J connectivity index is 1.63. The summed E-state index contributed by atoms with van der Waals surface area (Å²) in [6.07, 6.45) is 9.13. The fourth-order valence-corrected chi connectivity index (χ4v) is 4.69. The molecule has 7 heteroatoms. The van der Waals surface area contributed by atoms with Gasteiger partial charge < -0.3 is 19.7 Å². The Hall–Kier alpha value is -1.81. The van der Waals surface area contributed by atoms with Crippen LogP contribution in [0.4, 0.5) is 4.79 Å². The maximum Gasteiger partial charge on any atom is 0.409 e. The molecule has 3 aliphatic rings. The van der Waals surface area contributed by atoms with Crippen LogP contribution in [0, 0.1) is 17.2 Å². The Labute approximate surface area is 167 Å². The van der Waals surface area contributed by atoms with Crippen LogP contribution in [0.1, 0.15) is 70.6 Å². The number of rotatable bonds is 5. The van der Waals surface area contributed by atoms with Crippen molar-refractivity contribution in [3.8, 4) is 6.07 Å². The van der Waals surface area contributed by atoms with Gasteiger partial charge in [-0.15, -0.1) is 0 Å². The molecule has 28 heavy (non-hydrogen) atoms. The molecule has 0 spiro atoms. The second kappa shape index (κ2) is 10.1. The average molecular weight is 392 g/mol. The van der Waals surface area contributed by atoms with Crippen LogP contribution < -0.4 is 5.32 Å². The summed E-state index contributed by atoms with van der Waals surface area (Å²) in [5, 5.41) is 12.4. The van der Waals surface area contributed by atoms with Gasteiger partial charge in [0.2, 0.25) is 0 Å². The smallest absolute Gasteiger partial charge is 0.409 e. The second-order valence-electron chi connectivity index (χ2n) is 8.45. The normalized spacial score (nSPS) is 24.0. The summed E-state index contributed by atoms with van der Waals surface area (Å²) in [5.41, 5.74) is -0.854. The monoisotopic (exact) mass is 391 g/mol. The summed E-state index contributed by atoms with van der Waals surface area (Å²) in [7, 11) is 0. The molecule has 2 saturated carbocycles. The number of hydrogen-bond acceptors (Lipinski definition) is 5. The van der Waals surface area contributed by atoms with Crippen LogP contribution in [0.5, 0.6) is 0 Å². The van der Waals surface area contributed by atoms with Crippen LogP contribution in [0.15, 0.2) is 0 Å². The van der Waals surface area contributed by atoms with E-state index in [1.54, 1.807) is 4.90 Å². The summed E-state index contributed by atoms with van der Waals surface area (Å²) in [6.45, 7) is 2.11. The molecule has 0 aromatic rings. The first-order valence-electron chi connectivity index (χ1n) is 10.9. The second-order valence-corrected chi connectivity index (χ2v) is 8.45. The lowest BCUT2D eigenvalue weighted by molar-refractivity contribution is -0.145. The zero-order valence-corrected chi connectivity index (χ0v) is 16.8. The van der Waals surface area contributed by atoms with Gasteiger partial charge in [0.05, 0.1) is 19.3 Å². The van der Waals surface area contributed by atoms with Crippen LogP contribution >= 0.6 is 0 Å². The molecule has 3 rings (SSSR count). The van der Waals surface area contributed by atoms with Gasteiger partial charge in [-0.1, -0.05) is 51.4 Å². The largest absolute Gasteiger partial charge is 0.436 e. The number of morpholine rings is 1. The van der Waals surface area contributed by atoms with Crippen molar-refractivity contribution in [2.45, 2.75) is 82.3 Å². The molecule has 1 aliphatic heterocycles. The summed E-state index contributed by atoms with van der Waals surface area (Å²) >= 11 is 0. The maximum atomic E-state index is 13.0. The number of nitriles is 1. The molecule has 3 fully saturated rings. The molecule has 1 N–H and O–H groups in total. The molecule has 0 aromatic heterocycles. The summed E-state index contributed by atoms with van der Waals surface area (Å²) in [5.74, 6) is 0.287. The molecule has 0 radical (unpaired) electrons. The van der Waals surface area contributed by atoms with Crippen molar-refractivity contribution in [2.75, 3.05) is 26.3 Å². The number of amides is 2. The minimum absolute atomic E-state index is 0.126. The van der Waals surface area contributed by atoms with Crippen molar-refractivity contribution < 1.29 is 19.1 Å². The van der Waals surface area contributed by atoms with Crippen molar-refractivity contribution in [3.63, 3.8) is 0 Å². The summed E-state index contributed by atoms with van der Waals surface area (Å²) < 4.78 is 11.0. The van der Waals surface area contributed by atoms with Crippen LogP contribution in [0.3, 0.4) is 0 Å². The molecular weight excluding hydrogens is 358 g/mol. The fraction of sp³-hybridized carbons (Fsp3) is 0.857. The molecule has 1 saturated heterocycles. The molecule has 7 nitrogen and oxygen atoms in total. The first-order valence-corrected chi connectivity index (χ1v) is 10.9. The lowest BCUT2D eigenvalue weighted by Crippen LogP contribution is -2.52.